The van der Waals surface area contributed by atoms with Crippen LogP contribution < -0.4 is 21.3 Å². The Bertz CT molecular complexity index is 2080. The fraction of sp³-hybridized carbons (Fsp3) is 0.400. The monoisotopic (exact) mass is 721 g/mol. The van der Waals surface area contributed by atoms with E-state index in [-0.39, 0.29) is 77.1 Å². The largest absolute Gasteiger partial charge is 0.446 e. The highest BCUT2D eigenvalue weighted by Gasteiger charge is 2.31. The molecule has 6 rings (SSSR count). The lowest BCUT2D eigenvalue weighted by molar-refractivity contribution is -0.116. The number of hydrogen-bond acceptors (Lipinski definition) is 9. The van der Waals surface area contributed by atoms with E-state index < -0.39 is 28.4 Å². The van der Waals surface area contributed by atoms with Crippen molar-refractivity contribution in [3.05, 3.63) is 73.3 Å². The molecule has 1 fully saturated rings. The molecule has 260 valence electrons. The molecule has 0 spiro atoms. The number of anilines is 2. The minimum absolute atomic E-state index is 0.0198. The lowest BCUT2D eigenvalue weighted by atomic mass is 10.1. The molecule has 0 bridgehead atoms. The molecule has 0 saturated carbocycles. The SMILES string of the molecule is CCc1c(N2CCN(C(=O)c3cn(C)[nH]c3=O)CC2)c(=O)n2nc(C3=CCOCC3)nc2n1CC(=O)Nc1ccc(SC(F)(F)F)cc1Cl. The number of carbonyl (C=O) groups is 2. The minimum Gasteiger partial charge on any atom is -0.377 e. The van der Waals surface area contributed by atoms with Crippen molar-refractivity contribution in [1.29, 1.82) is 0 Å². The van der Waals surface area contributed by atoms with E-state index in [1.165, 1.54) is 23.0 Å². The van der Waals surface area contributed by atoms with E-state index in [1.807, 2.05) is 17.9 Å². The maximum atomic E-state index is 14.1. The first kappa shape index (κ1) is 34.3. The number of piperazine rings is 1. The summed E-state index contributed by atoms with van der Waals surface area (Å²) in [6.45, 7) is 3.30. The molecule has 0 aliphatic carbocycles. The zero-order valence-electron chi connectivity index (χ0n) is 26.3. The Morgan fingerprint density at radius 1 is 1.16 bits per heavy atom. The normalized spacial score (nSPS) is 15.5. The lowest BCUT2D eigenvalue weighted by Gasteiger charge is -2.36. The van der Waals surface area contributed by atoms with Gasteiger partial charge in [0.1, 0.15) is 17.8 Å². The summed E-state index contributed by atoms with van der Waals surface area (Å²) in [6, 6.07) is 3.61. The fourth-order valence-electron chi connectivity index (χ4n) is 5.88. The van der Waals surface area contributed by atoms with Gasteiger partial charge in [-0.05, 0) is 48.4 Å². The molecule has 19 heteroatoms. The second-order valence-electron chi connectivity index (χ2n) is 11.4. The fourth-order valence-corrected chi connectivity index (χ4v) is 6.76. The van der Waals surface area contributed by atoms with Crippen molar-refractivity contribution in [3.63, 3.8) is 0 Å². The Morgan fingerprint density at radius 2 is 1.92 bits per heavy atom. The first-order chi connectivity index (χ1) is 23.3. The lowest BCUT2D eigenvalue weighted by Crippen LogP contribution is -2.51. The van der Waals surface area contributed by atoms with E-state index >= 15 is 0 Å². The van der Waals surface area contributed by atoms with Crippen LogP contribution in [0.4, 0.5) is 24.5 Å². The number of aryl methyl sites for hydroxylation is 1. The summed E-state index contributed by atoms with van der Waals surface area (Å²) in [5.74, 6) is -0.542. The molecule has 14 nitrogen and oxygen atoms in total. The summed E-state index contributed by atoms with van der Waals surface area (Å²) in [5, 5.41) is 9.64. The van der Waals surface area contributed by atoms with Gasteiger partial charge >= 0.3 is 5.51 Å². The number of thioether (sulfide) groups is 1. The molecule has 49 heavy (non-hydrogen) atoms. The third-order valence-electron chi connectivity index (χ3n) is 8.12. The smallest absolute Gasteiger partial charge is 0.377 e. The minimum atomic E-state index is -4.50. The topological polar surface area (TPSA) is 152 Å². The summed E-state index contributed by atoms with van der Waals surface area (Å²) in [7, 11) is 1.61. The van der Waals surface area contributed by atoms with Gasteiger partial charge in [0.25, 0.3) is 17.0 Å². The van der Waals surface area contributed by atoms with Crippen molar-refractivity contribution < 1.29 is 27.5 Å². The summed E-state index contributed by atoms with van der Waals surface area (Å²) in [6.07, 6.45) is 4.11. The van der Waals surface area contributed by atoms with Crippen LogP contribution >= 0.6 is 23.4 Å². The molecule has 2 amide bonds. The predicted molar refractivity (Wildman–Crippen MR) is 176 cm³/mol. The standard InChI is InChI=1S/C30H31ClF3N9O5S/c1-3-22-24(40-8-10-41(11-9-40)27(46)19-15-39(2)38-26(19)45)28(47)43-29(36-25(37-43)17-6-12-48-13-7-17)42(22)16-23(44)35-21-5-4-18(14-20(21)31)49-30(32,33)34/h4-6,14-15H,3,7-13,16H2,1-2H3,(H,35,44)(H,38,45). The van der Waals surface area contributed by atoms with Gasteiger partial charge in [-0.25, -0.2) is 0 Å². The molecule has 0 unspecified atom stereocenters. The molecule has 1 aromatic carbocycles. The number of halogens is 4. The van der Waals surface area contributed by atoms with Gasteiger partial charge in [0.2, 0.25) is 11.7 Å². The number of hydrogen-bond donors (Lipinski definition) is 2. The second-order valence-corrected chi connectivity index (χ2v) is 12.9. The van der Waals surface area contributed by atoms with Gasteiger partial charge in [-0.15, -0.1) is 5.10 Å². The highest BCUT2D eigenvalue weighted by molar-refractivity contribution is 8.00. The Labute approximate surface area is 285 Å². The van der Waals surface area contributed by atoms with Crippen LogP contribution in [0.15, 0.2) is 45.0 Å². The number of aromatic nitrogens is 6. The Hall–Kier alpha value is -4.55. The number of H-pyrrole nitrogens is 1. The van der Waals surface area contributed by atoms with E-state index in [1.54, 1.807) is 16.5 Å². The van der Waals surface area contributed by atoms with Crippen molar-refractivity contribution in [2.24, 2.45) is 7.05 Å². The van der Waals surface area contributed by atoms with Crippen LogP contribution in [0.25, 0.3) is 11.4 Å². The maximum absolute atomic E-state index is 14.1. The molecular formula is C30H31ClF3N9O5S. The van der Waals surface area contributed by atoms with Crippen molar-refractivity contribution in [2.45, 2.75) is 36.7 Å². The van der Waals surface area contributed by atoms with Gasteiger partial charge in [-0.2, -0.15) is 22.7 Å². The molecule has 2 aliphatic rings. The molecule has 0 atom stereocenters. The van der Waals surface area contributed by atoms with Crippen LogP contribution in [-0.4, -0.2) is 90.6 Å². The van der Waals surface area contributed by atoms with E-state index in [4.69, 9.17) is 16.3 Å². The Kier molecular flexibility index (Phi) is 9.63. The molecule has 1 saturated heterocycles. The van der Waals surface area contributed by atoms with Crippen LogP contribution in [0.5, 0.6) is 0 Å². The number of carbonyl (C=O) groups excluding carboxylic acids is 2. The number of alkyl halides is 3. The predicted octanol–water partition coefficient (Wildman–Crippen LogP) is 3.15. The van der Waals surface area contributed by atoms with Gasteiger partial charge in [-0.3, -0.25) is 29.0 Å². The summed E-state index contributed by atoms with van der Waals surface area (Å²) >= 11 is 5.92. The van der Waals surface area contributed by atoms with Crippen LogP contribution in [0.1, 0.15) is 35.2 Å². The van der Waals surface area contributed by atoms with Crippen LogP contribution in [-0.2, 0) is 29.5 Å². The van der Waals surface area contributed by atoms with Gasteiger partial charge in [0, 0.05) is 44.3 Å². The number of ether oxygens (including phenoxy) is 1. The first-order valence-electron chi connectivity index (χ1n) is 15.3. The van der Waals surface area contributed by atoms with E-state index in [9.17, 15) is 32.3 Å². The van der Waals surface area contributed by atoms with Crippen LogP contribution in [0.2, 0.25) is 5.02 Å². The third kappa shape index (κ3) is 7.25. The summed E-state index contributed by atoms with van der Waals surface area (Å²) in [5.41, 5.74) is -3.74. The van der Waals surface area contributed by atoms with Crippen molar-refractivity contribution in [1.82, 2.24) is 33.8 Å². The number of fused-ring (bicyclic) bond motifs is 1. The van der Waals surface area contributed by atoms with E-state index in [0.29, 0.717) is 37.6 Å². The average molecular weight is 722 g/mol. The molecule has 3 aromatic heterocycles. The quantitative estimate of drug-likeness (QED) is 0.262. The molecule has 5 heterocycles. The first-order valence-corrected chi connectivity index (χ1v) is 16.5. The van der Waals surface area contributed by atoms with E-state index in [2.05, 4.69) is 20.5 Å². The second kappa shape index (κ2) is 13.8. The highest BCUT2D eigenvalue weighted by Crippen LogP contribution is 2.39. The number of aromatic amines is 1. The Balaban J connectivity index is 1.33. The summed E-state index contributed by atoms with van der Waals surface area (Å²) < 4.78 is 48.1. The van der Waals surface area contributed by atoms with Gasteiger partial charge < -0.3 is 24.4 Å². The number of amides is 2. The molecule has 2 N–H and O–H groups in total. The molecule has 0 radical (unpaired) electrons. The molecular weight excluding hydrogens is 691 g/mol. The van der Waals surface area contributed by atoms with E-state index in [0.717, 1.165) is 16.2 Å². The van der Waals surface area contributed by atoms with Crippen molar-refractivity contribution in [2.75, 3.05) is 49.6 Å². The van der Waals surface area contributed by atoms with Crippen LogP contribution in [0.3, 0.4) is 0 Å². The highest BCUT2D eigenvalue weighted by atomic mass is 35.5. The van der Waals surface area contributed by atoms with Crippen molar-refractivity contribution >= 4 is 57.9 Å². The van der Waals surface area contributed by atoms with Crippen molar-refractivity contribution in [3.8, 4) is 0 Å². The molecule has 4 aromatic rings. The summed E-state index contributed by atoms with van der Waals surface area (Å²) in [4.78, 5) is 60.8. The zero-order chi connectivity index (χ0) is 35.0. The number of nitrogens with zero attached hydrogens (tertiary/aromatic N) is 7. The number of benzene rings is 1. The number of nitrogens with one attached hydrogen (secondary N) is 2. The maximum Gasteiger partial charge on any atom is 0.446 e. The average Bonchev–Trinajstić information content (AvgIpc) is 3.66. The zero-order valence-corrected chi connectivity index (χ0v) is 27.9. The number of rotatable bonds is 8. The van der Waals surface area contributed by atoms with Crippen LogP contribution in [0, 0.1) is 0 Å². The van der Waals surface area contributed by atoms with Gasteiger partial charge in [0.05, 0.1) is 29.6 Å². The van der Waals surface area contributed by atoms with Gasteiger partial charge in [0.15, 0.2) is 5.82 Å². The third-order valence-corrected chi connectivity index (χ3v) is 9.15. The molecule has 2 aliphatic heterocycles. The van der Waals surface area contributed by atoms with Gasteiger partial charge in [-0.1, -0.05) is 24.6 Å². The Morgan fingerprint density at radius 3 is 2.53 bits per heavy atom.